The SMILES string of the molecule is OC1=Cc2cccc3cccc(c23)C1C1C(O)=Cc2cccc3cccc1c23. The van der Waals surface area contributed by atoms with Gasteiger partial charge in [-0.1, -0.05) is 72.8 Å². The molecule has 2 unspecified atom stereocenters. The summed E-state index contributed by atoms with van der Waals surface area (Å²) in [5.41, 5.74) is 4.18. The molecule has 0 spiro atoms. The van der Waals surface area contributed by atoms with Gasteiger partial charge in [-0.05, 0) is 56.0 Å². The summed E-state index contributed by atoms with van der Waals surface area (Å²) in [5.74, 6) is -0.0253. The van der Waals surface area contributed by atoms with E-state index in [-0.39, 0.29) is 11.8 Å². The van der Waals surface area contributed by atoms with Gasteiger partial charge in [0.1, 0.15) is 11.5 Å². The quantitative estimate of drug-likeness (QED) is 0.396. The second-order valence-corrected chi connectivity index (χ2v) is 7.68. The predicted molar refractivity (Wildman–Crippen MR) is 115 cm³/mol. The van der Waals surface area contributed by atoms with Crippen molar-refractivity contribution < 1.29 is 10.2 Å². The molecule has 2 atom stereocenters. The zero-order valence-corrected chi connectivity index (χ0v) is 15.1. The fraction of sp³-hybridized carbons (Fsp3) is 0.0769. The number of hydrogen-bond donors (Lipinski definition) is 2. The number of hydrogen-bond acceptors (Lipinski definition) is 2. The third-order valence-corrected chi connectivity index (χ3v) is 6.19. The molecule has 2 nitrogen and oxygen atoms in total. The zero-order chi connectivity index (χ0) is 18.8. The van der Waals surface area contributed by atoms with E-state index < -0.39 is 0 Å². The first-order chi connectivity index (χ1) is 13.7. The molecule has 0 fully saturated rings. The minimum absolute atomic E-state index is 0.299. The highest BCUT2D eigenvalue weighted by molar-refractivity contribution is 5.99. The Morgan fingerprint density at radius 2 is 0.893 bits per heavy atom. The molecule has 4 aromatic carbocycles. The standard InChI is InChI=1S/C26H18O2/c27-21-13-17-9-1-5-15-7-3-11-19(23(15)17)25(21)26-20-12-4-8-16-6-2-10-18(24(16)20)14-22(26)28/h1-14,25-28H. The van der Waals surface area contributed by atoms with E-state index in [4.69, 9.17) is 0 Å². The van der Waals surface area contributed by atoms with Gasteiger partial charge >= 0.3 is 0 Å². The van der Waals surface area contributed by atoms with E-state index in [1.54, 1.807) is 0 Å². The van der Waals surface area contributed by atoms with Crippen molar-refractivity contribution in [3.05, 3.63) is 107 Å². The van der Waals surface area contributed by atoms with E-state index in [1.165, 1.54) is 0 Å². The van der Waals surface area contributed by atoms with E-state index in [2.05, 4.69) is 36.4 Å². The molecule has 4 aromatic rings. The van der Waals surface area contributed by atoms with Gasteiger partial charge in [0.2, 0.25) is 0 Å². The maximum absolute atomic E-state index is 11.1. The van der Waals surface area contributed by atoms with Crippen LogP contribution in [0.1, 0.15) is 34.1 Å². The van der Waals surface area contributed by atoms with Crippen LogP contribution in [-0.4, -0.2) is 10.2 Å². The van der Waals surface area contributed by atoms with Gasteiger partial charge in [0.05, 0.1) is 11.8 Å². The second kappa shape index (κ2) is 5.49. The molecular weight excluding hydrogens is 344 g/mol. The Morgan fingerprint density at radius 3 is 1.32 bits per heavy atom. The monoisotopic (exact) mass is 362 g/mol. The summed E-state index contributed by atoms with van der Waals surface area (Å²) < 4.78 is 0. The lowest BCUT2D eigenvalue weighted by Gasteiger charge is -2.33. The molecule has 0 bridgehead atoms. The van der Waals surface area contributed by atoms with E-state index in [9.17, 15) is 10.2 Å². The van der Waals surface area contributed by atoms with E-state index in [1.807, 2.05) is 48.6 Å². The van der Waals surface area contributed by atoms with Gasteiger partial charge in [0.15, 0.2) is 0 Å². The fourth-order valence-electron chi connectivity index (χ4n) is 5.08. The Kier molecular flexibility index (Phi) is 3.05. The first-order valence-electron chi connectivity index (χ1n) is 9.57. The van der Waals surface area contributed by atoms with Gasteiger partial charge in [-0.3, -0.25) is 0 Å². The Bertz CT molecular complexity index is 1230. The van der Waals surface area contributed by atoms with E-state index in [0.29, 0.717) is 11.5 Å². The number of aliphatic hydroxyl groups is 2. The maximum atomic E-state index is 11.1. The maximum Gasteiger partial charge on any atom is 0.101 e. The summed E-state index contributed by atoms with van der Waals surface area (Å²) in [4.78, 5) is 0. The van der Waals surface area contributed by atoms with Crippen LogP contribution in [0.4, 0.5) is 0 Å². The van der Waals surface area contributed by atoms with Crippen molar-refractivity contribution in [3.8, 4) is 0 Å². The van der Waals surface area contributed by atoms with Crippen molar-refractivity contribution in [2.24, 2.45) is 0 Å². The van der Waals surface area contributed by atoms with Crippen LogP contribution < -0.4 is 0 Å². The normalized spacial score (nSPS) is 20.1. The summed E-state index contributed by atoms with van der Waals surface area (Å²) >= 11 is 0. The smallest absolute Gasteiger partial charge is 0.101 e. The topological polar surface area (TPSA) is 40.5 Å². The lowest BCUT2D eigenvalue weighted by molar-refractivity contribution is 0.312. The molecule has 28 heavy (non-hydrogen) atoms. The molecule has 0 aliphatic heterocycles. The molecule has 0 heterocycles. The van der Waals surface area contributed by atoms with Gasteiger partial charge in [0.25, 0.3) is 0 Å². The highest BCUT2D eigenvalue weighted by Gasteiger charge is 2.37. The lowest BCUT2D eigenvalue weighted by atomic mass is 9.71. The first-order valence-corrected chi connectivity index (χ1v) is 9.57. The van der Waals surface area contributed by atoms with Crippen molar-refractivity contribution in [3.63, 3.8) is 0 Å². The van der Waals surface area contributed by atoms with Crippen LogP contribution in [0, 0.1) is 0 Å². The molecule has 2 N–H and O–H groups in total. The van der Waals surface area contributed by atoms with Crippen molar-refractivity contribution in [2.75, 3.05) is 0 Å². The third kappa shape index (κ3) is 1.97. The second-order valence-electron chi connectivity index (χ2n) is 7.68. The van der Waals surface area contributed by atoms with Crippen LogP contribution in [0.2, 0.25) is 0 Å². The van der Waals surface area contributed by atoms with Crippen molar-refractivity contribution in [2.45, 2.75) is 11.8 Å². The lowest BCUT2D eigenvalue weighted by Crippen LogP contribution is -2.20. The Morgan fingerprint density at radius 1 is 0.500 bits per heavy atom. The molecule has 0 saturated heterocycles. The Hall–Kier alpha value is -3.52. The molecule has 0 aromatic heterocycles. The van der Waals surface area contributed by atoms with Crippen molar-refractivity contribution in [1.29, 1.82) is 0 Å². The third-order valence-electron chi connectivity index (χ3n) is 6.19. The summed E-state index contributed by atoms with van der Waals surface area (Å²) in [6.07, 6.45) is 3.71. The average Bonchev–Trinajstić information content (AvgIpc) is 2.70. The summed E-state index contributed by atoms with van der Waals surface area (Å²) in [7, 11) is 0. The molecule has 0 radical (unpaired) electrons. The molecule has 0 saturated carbocycles. The van der Waals surface area contributed by atoms with Gasteiger partial charge < -0.3 is 10.2 Å². The molecule has 2 heteroatoms. The fourth-order valence-corrected chi connectivity index (χ4v) is 5.08. The highest BCUT2D eigenvalue weighted by atomic mass is 16.3. The number of aliphatic hydroxyl groups excluding tert-OH is 2. The van der Waals surface area contributed by atoms with Crippen LogP contribution in [0.15, 0.2) is 84.3 Å². The minimum atomic E-state index is -0.311. The molecule has 2 aliphatic carbocycles. The number of allylic oxidation sites excluding steroid dienone is 2. The van der Waals surface area contributed by atoms with Gasteiger partial charge in [-0.15, -0.1) is 0 Å². The van der Waals surface area contributed by atoms with Crippen LogP contribution in [0.3, 0.4) is 0 Å². The van der Waals surface area contributed by atoms with Gasteiger partial charge in [-0.25, -0.2) is 0 Å². The van der Waals surface area contributed by atoms with Crippen LogP contribution in [0.5, 0.6) is 0 Å². The van der Waals surface area contributed by atoms with Crippen LogP contribution in [-0.2, 0) is 0 Å². The Balaban J connectivity index is 1.66. The van der Waals surface area contributed by atoms with Gasteiger partial charge in [0, 0.05) is 0 Å². The molecule has 0 amide bonds. The summed E-state index contributed by atoms with van der Waals surface area (Å²) in [5, 5.41) is 26.8. The van der Waals surface area contributed by atoms with Crippen LogP contribution >= 0.6 is 0 Å². The average molecular weight is 362 g/mol. The van der Waals surface area contributed by atoms with Crippen LogP contribution in [0.25, 0.3) is 33.7 Å². The van der Waals surface area contributed by atoms with E-state index in [0.717, 1.165) is 43.8 Å². The predicted octanol–water partition coefficient (Wildman–Crippen LogP) is 6.69. The molecule has 134 valence electrons. The van der Waals surface area contributed by atoms with Crippen molar-refractivity contribution >= 4 is 33.7 Å². The highest BCUT2D eigenvalue weighted by Crippen LogP contribution is 2.51. The summed E-state index contributed by atoms with van der Waals surface area (Å²) in [6, 6.07) is 24.7. The molecular formula is C26H18O2. The first kappa shape index (κ1) is 15.5. The number of rotatable bonds is 1. The van der Waals surface area contributed by atoms with E-state index >= 15 is 0 Å². The largest absolute Gasteiger partial charge is 0.512 e. The van der Waals surface area contributed by atoms with Crippen molar-refractivity contribution in [1.82, 2.24) is 0 Å². The number of benzene rings is 4. The Labute approximate surface area is 162 Å². The summed E-state index contributed by atoms with van der Waals surface area (Å²) in [6.45, 7) is 0. The minimum Gasteiger partial charge on any atom is -0.512 e. The van der Waals surface area contributed by atoms with Gasteiger partial charge in [-0.2, -0.15) is 0 Å². The zero-order valence-electron chi connectivity index (χ0n) is 15.1. The molecule has 2 aliphatic rings. The molecule has 6 rings (SSSR count).